The highest BCUT2D eigenvalue weighted by Gasteiger charge is 2.30. The minimum atomic E-state index is -0.302. The van der Waals surface area contributed by atoms with Crippen molar-refractivity contribution in [2.75, 3.05) is 13.2 Å². The van der Waals surface area contributed by atoms with Crippen LogP contribution < -0.4 is 10.5 Å². The number of nitrogens with two attached hydrogens (primary N) is 1. The normalized spacial score (nSPS) is 17.5. The maximum Gasteiger partial charge on any atom is 0.165 e. The lowest BCUT2D eigenvalue weighted by atomic mass is 10.1. The van der Waals surface area contributed by atoms with Crippen LogP contribution >= 0.6 is 0 Å². The van der Waals surface area contributed by atoms with Crippen molar-refractivity contribution in [1.29, 1.82) is 0 Å². The molecule has 0 radical (unpaired) electrons. The molecule has 2 rings (SSSR count). The zero-order valence-corrected chi connectivity index (χ0v) is 8.66. The molecule has 1 saturated carbocycles. The van der Waals surface area contributed by atoms with E-state index in [1.165, 1.54) is 18.9 Å². The zero-order valence-electron chi connectivity index (χ0n) is 8.66. The Labute approximate surface area is 89.2 Å². The average Bonchev–Trinajstić information content (AvgIpc) is 3.06. The summed E-state index contributed by atoms with van der Waals surface area (Å²) in [7, 11) is 0. The lowest BCUT2D eigenvalue weighted by Gasteiger charge is -2.15. The van der Waals surface area contributed by atoms with Gasteiger partial charge in [-0.15, -0.1) is 0 Å². The first-order valence-corrected chi connectivity index (χ1v) is 5.38. The van der Waals surface area contributed by atoms with Gasteiger partial charge in [0.05, 0.1) is 6.61 Å². The molecule has 0 aliphatic heterocycles. The van der Waals surface area contributed by atoms with Gasteiger partial charge >= 0.3 is 0 Å². The van der Waals surface area contributed by atoms with E-state index in [4.69, 9.17) is 10.5 Å². The fraction of sp³-hybridized carbons (Fsp3) is 0.500. The molecule has 82 valence electrons. The van der Waals surface area contributed by atoms with Crippen LogP contribution in [0.1, 0.15) is 12.8 Å². The van der Waals surface area contributed by atoms with Crippen molar-refractivity contribution >= 4 is 0 Å². The predicted octanol–water partition coefficient (Wildman–Crippen LogP) is 2.19. The van der Waals surface area contributed by atoms with Crippen LogP contribution in [0.5, 0.6) is 5.75 Å². The van der Waals surface area contributed by atoms with E-state index >= 15 is 0 Å². The molecular weight excluding hydrogens is 193 g/mol. The van der Waals surface area contributed by atoms with E-state index in [0.29, 0.717) is 30.7 Å². The van der Waals surface area contributed by atoms with Crippen LogP contribution in [0.25, 0.3) is 0 Å². The molecule has 1 aliphatic rings. The molecule has 1 aromatic rings. The van der Waals surface area contributed by atoms with Crippen LogP contribution in [-0.4, -0.2) is 13.2 Å². The van der Waals surface area contributed by atoms with Gasteiger partial charge in [-0.05, 0) is 37.4 Å². The summed E-state index contributed by atoms with van der Waals surface area (Å²) >= 11 is 0. The zero-order chi connectivity index (χ0) is 10.7. The monoisotopic (exact) mass is 209 g/mol. The summed E-state index contributed by atoms with van der Waals surface area (Å²) in [5.41, 5.74) is 5.64. The standard InChI is InChI=1S/C12H16FNO/c13-11-3-1-2-4-12(11)15-8-10(7-14)9-5-6-9/h1-4,9-10H,5-8,14H2. The molecule has 15 heavy (non-hydrogen) atoms. The first-order valence-electron chi connectivity index (χ1n) is 5.38. The van der Waals surface area contributed by atoms with Gasteiger partial charge in [-0.1, -0.05) is 12.1 Å². The van der Waals surface area contributed by atoms with Crippen molar-refractivity contribution in [3.63, 3.8) is 0 Å². The second kappa shape index (κ2) is 4.62. The number of hydrogen-bond donors (Lipinski definition) is 1. The highest BCUT2D eigenvalue weighted by atomic mass is 19.1. The van der Waals surface area contributed by atoms with Crippen LogP contribution in [0.2, 0.25) is 0 Å². The summed E-state index contributed by atoms with van der Waals surface area (Å²) in [6.45, 7) is 1.15. The third-order valence-electron chi connectivity index (χ3n) is 2.88. The van der Waals surface area contributed by atoms with Crippen LogP contribution in [0.4, 0.5) is 4.39 Å². The molecule has 0 aromatic heterocycles. The van der Waals surface area contributed by atoms with E-state index < -0.39 is 0 Å². The summed E-state index contributed by atoms with van der Waals surface area (Å²) in [6, 6.07) is 6.48. The van der Waals surface area contributed by atoms with Gasteiger partial charge < -0.3 is 10.5 Å². The molecular formula is C12H16FNO. The van der Waals surface area contributed by atoms with Crippen molar-refractivity contribution in [3.05, 3.63) is 30.1 Å². The van der Waals surface area contributed by atoms with Gasteiger partial charge in [-0.2, -0.15) is 0 Å². The lowest BCUT2D eigenvalue weighted by Crippen LogP contribution is -2.23. The molecule has 3 heteroatoms. The largest absolute Gasteiger partial charge is 0.490 e. The molecule has 0 spiro atoms. The number of halogens is 1. The first kappa shape index (κ1) is 10.4. The number of benzene rings is 1. The Kier molecular flexibility index (Phi) is 3.21. The van der Waals surface area contributed by atoms with E-state index in [1.54, 1.807) is 18.2 Å². The Balaban J connectivity index is 1.89. The van der Waals surface area contributed by atoms with E-state index in [1.807, 2.05) is 0 Å². The summed E-state index contributed by atoms with van der Waals surface area (Å²) in [4.78, 5) is 0. The van der Waals surface area contributed by atoms with Crippen molar-refractivity contribution in [2.45, 2.75) is 12.8 Å². The molecule has 1 aromatic carbocycles. The molecule has 0 amide bonds. The van der Waals surface area contributed by atoms with E-state index in [9.17, 15) is 4.39 Å². The minimum absolute atomic E-state index is 0.302. The van der Waals surface area contributed by atoms with Crippen molar-refractivity contribution in [2.24, 2.45) is 17.6 Å². The van der Waals surface area contributed by atoms with Gasteiger partial charge in [0.1, 0.15) is 0 Å². The second-order valence-corrected chi connectivity index (χ2v) is 4.07. The molecule has 0 saturated heterocycles. The molecule has 1 fully saturated rings. The Morgan fingerprint density at radius 2 is 2.13 bits per heavy atom. The van der Waals surface area contributed by atoms with Crippen LogP contribution in [0.15, 0.2) is 24.3 Å². The van der Waals surface area contributed by atoms with Crippen molar-refractivity contribution in [3.8, 4) is 5.75 Å². The van der Waals surface area contributed by atoms with Gasteiger partial charge in [-0.3, -0.25) is 0 Å². The minimum Gasteiger partial charge on any atom is -0.490 e. The molecule has 2 nitrogen and oxygen atoms in total. The molecule has 1 unspecified atom stereocenters. The third kappa shape index (κ3) is 2.69. The highest BCUT2D eigenvalue weighted by molar-refractivity contribution is 5.23. The van der Waals surface area contributed by atoms with Crippen LogP contribution in [0, 0.1) is 17.7 Å². The van der Waals surface area contributed by atoms with E-state index in [-0.39, 0.29) is 5.82 Å². The smallest absolute Gasteiger partial charge is 0.165 e. The Bertz CT molecular complexity index is 325. The second-order valence-electron chi connectivity index (χ2n) is 4.07. The lowest BCUT2D eigenvalue weighted by molar-refractivity contribution is 0.227. The van der Waals surface area contributed by atoms with Crippen molar-refractivity contribution < 1.29 is 9.13 Å². The van der Waals surface area contributed by atoms with Gasteiger partial charge in [0, 0.05) is 5.92 Å². The maximum absolute atomic E-state index is 13.2. The summed E-state index contributed by atoms with van der Waals surface area (Å²) in [6.07, 6.45) is 2.48. The number of hydrogen-bond acceptors (Lipinski definition) is 2. The van der Waals surface area contributed by atoms with Crippen molar-refractivity contribution in [1.82, 2.24) is 0 Å². The summed E-state index contributed by atoms with van der Waals surface area (Å²) in [5, 5.41) is 0. The fourth-order valence-electron chi connectivity index (χ4n) is 1.72. The SMILES string of the molecule is NCC(COc1ccccc1F)C1CC1. The van der Waals surface area contributed by atoms with Crippen LogP contribution in [-0.2, 0) is 0 Å². The quantitative estimate of drug-likeness (QED) is 0.806. The van der Waals surface area contributed by atoms with Gasteiger partial charge in [0.25, 0.3) is 0 Å². The third-order valence-corrected chi connectivity index (χ3v) is 2.88. The fourth-order valence-corrected chi connectivity index (χ4v) is 1.72. The molecule has 1 aliphatic carbocycles. The van der Waals surface area contributed by atoms with Gasteiger partial charge in [-0.25, -0.2) is 4.39 Å². The molecule has 2 N–H and O–H groups in total. The van der Waals surface area contributed by atoms with Gasteiger partial charge in [0.15, 0.2) is 11.6 Å². The number of ether oxygens (including phenoxy) is 1. The molecule has 1 atom stereocenters. The number of rotatable bonds is 5. The Hall–Kier alpha value is -1.09. The Morgan fingerprint density at radius 1 is 1.40 bits per heavy atom. The summed E-state index contributed by atoms with van der Waals surface area (Å²) < 4.78 is 18.6. The highest BCUT2D eigenvalue weighted by Crippen LogP contribution is 2.36. The van der Waals surface area contributed by atoms with Crippen LogP contribution in [0.3, 0.4) is 0 Å². The predicted molar refractivity (Wildman–Crippen MR) is 57.2 cm³/mol. The number of para-hydroxylation sites is 1. The Morgan fingerprint density at radius 3 is 2.73 bits per heavy atom. The van der Waals surface area contributed by atoms with Gasteiger partial charge in [0.2, 0.25) is 0 Å². The van der Waals surface area contributed by atoms with E-state index in [0.717, 1.165) is 0 Å². The first-order chi connectivity index (χ1) is 7.31. The molecule has 0 bridgehead atoms. The summed E-state index contributed by atoms with van der Waals surface area (Å²) in [5.74, 6) is 1.10. The average molecular weight is 209 g/mol. The van der Waals surface area contributed by atoms with E-state index in [2.05, 4.69) is 0 Å². The maximum atomic E-state index is 13.2. The molecule has 0 heterocycles. The topological polar surface area (TPSA) is 35.2 Å².